The van der Waals surface area contributed by atoms with Crippen LogP contribution >= 0.6 is 11.3 Å². The van der Waals surface area contributed by atoms with Crippen LogP contribution in [0.5, 0.6) is 5.75 Å². The first-order chi connectivity index (χ1) is 15.1. The van der Waals surface area contributed by atoms with E-state index in [4.69, 9.17) is 9.47 Å². The van der Waals surface area contributed by atoms with Gasteiger partial charge in [-0.25, -0.2) is 0 Å². The highest BCUT2D eigenvalue weighted by Gasteiger charge is 2.12. The summed E-state index contributed by atoms with van der Waals surface area (Å²) >= 11 is 1.54. The molecule has 0 bridgehead atoms. The van der Waals surface area contributed by atoms with Gasteiger partial charge in [0, 0.05) is 36.3 Å². The molecule has 5 nitrogen and oxygen atoms in total. The Morgan fingerprint density at radius 2 is 1.39 bits per heavy atom. The van der Waals surface area contributed by atoms with Gasteiger partial charge in [0.15, 0.2) is 5.78 Å². The summed E-state index contributed by atoms with van der Waals surface area (Å²) in [6, 6.07) is 15.6. The minimum Gasteiger partial charge on any atom is -0.494 e. The number of nitrogens with zero attached hydrogens (tertiary/aromatic N) is 2. The predicted octanol–water partition coefficient (Wildman–Crippen LogP) is 6.30. The van der Waals surface area contributed by atoms with E-state index >= 15 is 0 Å². The molecule has 2 aromatic carbocycles. The number of unbranched alkanes of at least 4 members (excludes halogenated alkanes) is 3. The van der Waals surface area contributed by atoms with Crippen molar-refractivity contribution in [1.82, 2.24) is 10.2 Å². The summed E-state index contributed by atoms with van der Waals surface area (Å²) in [5, 5.41) is 10.4. The molecule has 0 saturated heterocycles. The predicted molar refractivity (Wildman–Crippen MR) is 126 cm³/mol. The van der Waals surface area contributed by atoms with E-state index in [2.05, 4.69) is 10.2 Å². The largest absolute Gasteiger partial charge is 0.494 e. The number of benzene rings is 2. The number of ketones is 1. The average Bonchev–Trinajstić information content (AvgIpc) is 3.29. The summed E-state index contributed by atoms with van der Waals surface area (Å²) < 4.78 is 10.9. The second kappa shape index (κ2) is 11.7. The van der Waals surface area contributed by atoms with Crippen molar-refractivity contribution in [2.45, 2.75) is 39.5 Å². The van der Waals surface area contributed by atoms with E-state index in [-0.39, 0.29) is 11.7 Å². The van der Waals surface area contributed by atoms with Crippen molar-refractivity contribution in [1.29, 1.82) is 0 Å². The molecule has 164 valence electrons. The second-order valence-electron chi connectivity index (χ2n) is 7.79. The number of Topliss-reactive ketones (excluding diaryl/α,β-unsaturated/α-hetero) is 1. The lowest BCUT2D eigenvalue weighted by atomic mass is 10.0. The molecule has 6 heteroatoms. The summed E-state index contributed by atoms with van der Waals surface area (Å²) in [5.74, 6) is 1.01. The van der Waals surface area contributed by atoms with Crippen LogP contribution in [0, 0.1) is 5.92 Å². The van der Waals surface area contributed by atoms with E-state index in [1.54, 1.807) is 7.11 Å². The summed E-state index contributed by atoms with van der Waals surface area (Å²) in [6.07, 6.45) is 4.48. The van der Waals surface area contributed by atoms with Crippen molar-refractivity contribution < 1.29 is 14.3 Å². The van der Waals surface area contributed by atoms with Crippen LogP contribution in [-0.2, 0) is 4.74 Å². The Kier molecular flexibility index (Phi) is 8.74. The Labute approximate surface area is 188 Å². The maximum atomic E-state index is 12.1. The Bertz CT molecular complexity index is 950. The van der Waals surface area contributed by atoms with Gasteiger partial charge in [0.1, 0.15) is 15.8 Å². The second-order valence-corrected chi connectivity index (χ2v) is 8.77. The van der Waals surface area contributed by atoms with Gasteiger partial charge in [-0.15, -0.1) is 10.2 Å². The van der Waals surface area contributed by atoms with E-state index in [1.165, 1.54) is 17.8 Å². The molecule has 31 heavy (non-hydrogen) atoms. The molecule has 0 aliphatic heterocycles. The van der Waals surface area contributed by atoms with Gasteiger partial charge < -0.3 is 9.47 Å². The zero-order valence-corrected chi connectivity index (χ0v) is 19.3. The highest BCUT2D eigenvalue weighted by Crippen LogP contribution is 2.31. The van der Waals surface area contributed by atoms with E-state index < -0.39 is 0 Å². The normalized spacial score (nSPS) is 11.1. The zero-order valence-electron chi connectivity index (χ0n) is 18.5. The number of hydrogen-bond acceptors (Lipinski definition) is 6. The van der Waals surface area contributed by atoms with Crippen LogP contribution in [0.25, 0.3) is 21.1 Å². The first kappa shape index (κ1) is 23.1. The van der Waals surface area contributed by atoms with Gasteiger partial charge in [0.25, 0.3) is 0 Å². The van der Waals surface area contributed by atoms with Gasteiger partial charge in [-0.2, -0.15) is 0 Å². The lowest BCUT2D eigenvalue weighted by Crippen LogP contribution is -2.06. The van der Waals surface area contributed by atoms with Crippen LogP contribution < -0.4 is 4.74 Å². The van der Waals surface area contributed by atoms with Gasteiger partial charge in [0.05, 0.1) is 6.61 Å². The first-order valence-electron chi connectivity index (χ1n) is 10.8. The smallest absolute Gasteiger partial charge is 0.165 e. The van der Waals surface area contributed by atoms with E-state index in [0.29, 0.717) is 0 Å². The van der Waals surface area contributed by atoms with Crippen molar-refractivity contribution in [2.75, 3.05) is 20.3 Å². The fourth-order valence-electron chi connectivity index (χ4n) is 3.15. The summed E-state index contributed by atoms with van der Waals surface area (Å²) in [6.45, 7) is 5.38. The van der Waals surface area contributed by atoms with Crippen LogP contribution in [0.1, 0.15) is 49.9 Å². The standard InChI is InChI=1S/C25H30N2O3S/c1-18(2)23(28)19-8-10-20(11-9-19)24-26-27-25(31-24)21-12-14-22(15-13-21)30-17-7-5-4-6-16-29-3/h8-15,18H,4-7,16-17H2,1-3H3. The van der Waals surface area contributed by atoms with Crippen LogP contribution in [0.4, 0.5) is 0 Å². The van der Waals surface area contributed by atoms with Gasteiger partial charge in [-0.05, 0) is 43.5 Å². The van der Waals surface area contributed by atoms with Gasteiger partial charge >= 0.3 is 0 Å². The molecule has 0 atom stereocenters. The van der Waals surface area contributed by atoms with Crippen LogP contribution in [-0.4, -0.2) is 36.3 Å². The molecule has 0 N–H and O–H groups in total. The molecule has 1 heterocycles. The molecule has 0 amide bonds. The van der Waals surface area contributed by atoms with Crippen molar-refractivity contribution in [3.63, 3.8) is 0 Å². The molecule has 0 saturated carbocycles. The molecular weight excluding hydrogens is 408 g/mol. The van der Waals surface area contributed by atoms with Gasteiger partial charge in [-0.1, -0.05) is 55.9 Å². The quantitative estimate of drug-likeness (QED) is 0.245. The number of ether oxygens (including phenoxy) is 2. The van der Waals surface area contributed by atoms with E-state index in [9.17, 15) is 4.79 Å². The fraction of sp³-hybridized carbons (Fsp3) is 0.400. The lowest BCUT2D eigenvalue weighted by Gasteiger charge is -2.06. The number of methoxy groups -OCH3 is 1. The number of rotatable bonds is 12. The molecule has 0 aliphatic carbocycles. The highest BCUT2D eigenvalue weighted by molar-refractivity contribution is 7.17. The Morgan fingerprint density at radius 1 is 0.839 bits per heavy atom. The van der Waals surface area contributed by atoms with E-state index in [1.807, 2.05) is 62.4 Å². The molecule has 0 spiro atoms. The number of carbonyl (C=O) groups excluding carboxylic acids is 1. The van der Waals surface area contributed by atoms with Crippen molar-refractivity contribution in [3.8, 4) is 26.9 Å². The Balaban J connectivity index is 1.54. The van der Waals surface area contributed by atoms with Crippen LogP contribution in [0.3, 0.4) is 0 Å². The van der Waals surface area contributed by atoms with Gasteiger partial charge in [-0.3, -0.25) is 4.79 Å². The lowest BCUT2D eigenvalue weighted by molar-refractivity contribution is 0.0939. The van der Waals surface area contributed by atoms with Gasteiger partial charge in [0.2, 0.25) is 0 Å². The van der Waals surface area contributed by atoms with E-state index in [0.717, 1.165) is 64.9 Å². The summed E-state index contributed by atoms with van der Waals surface area (Å²) in [4.78, 5) is 12.1. The third-order valence-corrected chi connectivity index (χ3v) is 6.00. The maximum absolute atomic E-state index is 12.1. The third-order valence-electron chi connectivity index (χ3n) is 4.98. The van der Waals surface area contributed by atoms with Crippen LogP contribution in [0.15, 0.2) is 48.5 Å². The fourth-order valence-corrected chi connectivity index (χ4v) is 4.01. The topological polar surface area (TPSA) is 61.3 Å². The van der Waals surface area contributed by atoms with Crippen molar-refractivity contribution >= 4 is 17.1 Å². The molecule has 0 radical (unpaired) electrons. The first-order valence-corrected chi connectivity index (χ1v) is 11.6. The summed E-state index contributed by atoms with van der Waals surface area (Å²) in [5.41, 5.74) is 2.71. The zero-order chi connectivity index (χ0) is 22.1. The maximum Gasteiger partial charge on any atom is 0.165 e. The number of hydrogen-bond donors (Lipinski definition) is 0. The highest BCUT2D eigenvalue weighted by atomic mass is 32.1. The Hall–Kier alpha value is -2.57. The molecule has 0 aliphatic rings. The number of carbonyl (C=O) groups is 1. The SMILES string of the molecule is COCCCCCCOc1ccc(-c2nnc(-c3ccc(C(=O)C(C)C)cc3)s2)cc1. The van der Waals surface area contributed by atoms with Crippen LogP contribution in [0.2, 0.25) is 0 Å². The average molecular weight is 439 g/mol. The molecule has 3 rings (SSSR count). The van der Waals surface area contributed by atoms with Crippen molar-refractivity contribution in [3.05, 3.63) is 54.1 Å². The minimum atomic E-state index is -0.00756. The third kappa shape index (κ3) is 6.71. The summed E-state index contributed by atoms with van der Waals surface area (Å²) in [7, 11) is 1.74. The Morgan fingerprint density at radius 3 is 1.94 bits per heavy atom. The van der Waals surface area contributed by atoms with Crippen molar-refractivity contribution in [2.24, 2.45) is 5.92 Å². The molecule has 1 aromatic heterocycles. The molecule has 0 fully saturated rings. The molecule has 3 aromatic rings. The molecule has 0 unspecified atom stereocenters. The molecular formula is C25H30N2O3S. The minimum absolute atomic E-state index is 0.00756. The number of aromatic nitrogens is 2. The monoisotopic (exact) mass is 438 g/mol.